The summed E-state index contributed by atoms with van der Waals surface area (Å²) < 4.78 is 1.61. The van der Waals surface area contributed by atoms with Crippen molar-refractivity contribution >= 4 is 28.5 Å². The Hall–Kier alpha value is -2.70. The van der Waals surface area contributed by atoms with Crippen LogP contribution >= 0.6 is 11.6 Å². The molecule has 2 heterocycles. The van der Waals surface area contributed by atoms with Crippen molar-refractivity contribution in [3.63, 3.8) is 0 Å². The molecule has 0 saturated carbocycles. The van der Waals surface area contributed by atoms with Crippen LogP contribution < -0.4 is 5.56 Å². The first-order chi connectivity index (χ1) is 15.1. The Morgan fingerprint density at radius 2 is 1.69 bits per heavy atom. The Balaban J connectivity index is 1.72. The van der Waals surface area contributed by atoms with E-state index < -0.39 is 11.6 Å². The summed E-state index contributed by atoms with van der Waals surface area (Å²) in [6.07, 6.45) is 0.963. The van der Waals surface area contributed by atoms with E-state index in [-0.39, 0.29) is 16.1 Å². The van der Waals surface area contributed by atoms with Crippen molar-refractivity contribution in [1.29, 1.82) is 0 Å². The summed E-state index contributed by atoms with van der Waals surface area (Å²) >= 11 is 6.03. The van der Waals surface area contributed by atoms with Crippen LogP contribution in [0.3, 0.4) is 0 Å². The quantitative estimate of drug-likeness (QED) is 0.547. The van der Waals surface area contributed by atoms with Gasteiger partial charge in [0.2, 0.25) is 0 Å². The summed E-state index contributed by atoms with van der Waals surface area (Å²) in [6.45, 7) is 6.83. The van der Waals surface area contributed by atoms with Gasteiger partial charge >= 0.3 is 6.09 Å². The molecular formula is C25H29ClN3O3+. The van der Waals surface area contributed by atoms with Crippen LogP contribution in [0.5, 0.6) is 0 Å². The predicted octanol–water partition coefficient (Wildman–Crippen LogP) is 5.27. The minimum absolute atomic E-state index is 0.00344. The molecule has 0 radical (unpaired) electrons. The molecule has 0 unspecified atom stereocenters. The number of piperidine rings is 1. The van der Waals surface area contributed by atoms with Gasteiger partial charge in [-0.05, 0) is 44.5 Å². The maximum absolute atomic E-state index is 13.3. The maximum atomic E-state index is 13.3. The zero-order valence-corrected chi connectivity index (χ0v) is 19.5. The third-order valence-electron chi connectivity index (χ3n) is 6.87. The van der Waals surface area contributed by atoms with E-state index in [9.17, 15) is 14.7 Å². The van der Waals surface area contributed by atoms with Gasteiger partial charge in [-0.15, -0.1) is 0 Å². The van der Waals surface area contributed by atoms with Gasteiger partial charge in [-0.2, -0.15) is 9.89 Å². The van der Waals surface area contributed by atoms with E-state index in [2.05, 4.69) is 0 Å². The molecule has 1 fully saturated rings. The molecule has 1 aliphatic rings. The normalized spacial score (nSPS) is 21.6. The first-order valence-corrected chi connectivity index (χ1v) is 11.4. The highest BCUT2D eigenvalue weighted by Crippen LogP contribution is 2.34. The lowest BCUT2D eigenvalue weighted by Crippen LogP contribution is -2.66. The van der Waals surface area contributed by atoms with E-state index in [4.69, 9.17) is 16.7 Å². The number of fused-ring (bicyclic) bond motifs is 1. The molecule has 168 valence electrons. The number of aromatic nitrogens is 2. The van der Waals surface area contributed by atoms with Gasteiger partial charge in [0.1, 0.15) is 5.54 Å². The molecule has 0 aliphatic carbocycles. The Bertz CT molecular complexity index is 1200. The molecule has 32 heavy (non-hydrogen) atoms. The fraction of sp³-hybridized carbons (Fsp3) is 0.400. The fourth-order valence-corrected chi connectivity index (χ4v) is 4.96. The number of halogens is 1. The Morgan fingerprint density at radius 3 is 2.25 bits per heavy atom. The second-order valence-corrected chi connectivity index (χ2v) is 10.1. The number of amides is 1. The SMILES string of the molecule is CC(C)(C)[N+]1(C(=O)O)CCC(n2nc(Cc3ccc(Cl)cc3)c3ccccc3c2=O)CC1. The lowest BCUT2D eigenvalue weighted by Gasteiger charge is -2.47. The summed E-state index contributed by atoms with van der Waals surface area (Å²) in [7, 11) is 0. The van der Waals surface area contributed by atoms with Gasteiger partial charge in [0, 0.05) is 29.7 Å². The molecule has 7 heteroatoms. The average Bonchev–Trinajstić information content (AvgIpc) is 2.76. The summed E-state index contributed by atoms with van der Waals surface area (Å²) in [6, 6.07) is 15.1. The number of hydrogen-bond donors (Lipinski definition) is 1. The van der Waals surface area contributed by atoms with Crippen molar-refractivity contribution in [3.8, 4) is 0 Å². The highest BCUT2D eigenvalue weighted by Gasteiger charge is 2.50. The van der Waals surface area contributed by atoms with Crippen molar-refractivity contribution in [3.05, 3.63) is 75.2 Å². The van der Waals surface area contributed by atoms with E-state index >= 15 is 0 Å². The molecule has 0 spiro atoms. The molecule has 3 aromatic rings. The monoisotopic (exact) mass is 454 g/mol. The average molecular weight is 455 g/mol. The van der Waals surface area contributed by atoms with Crippen molar-refractivity contribution in [2.45, 2.75) is 51.6 Å². The first-order valence-electron chi connectivity index (χ1n) is 11.0. The van der Waals surface area contributed by atoms with Crippen LogP contribution in [-0.2, 0) is 6.42 Å². The summed E-state index contributed by atoms with van der Waals surface area (Å²) in [5.41, 5.74) is 1.37. The molecule has 1 aromatic heterocycles. The second-order valence-electron chi connectivity index (χ2n) is 9.64. The lowest BCUT2D eigenvalue weighted by molar-refractivity contribution is -0.908. The summed E-state index contributed by atoms with van der Waals surface area (Å²) in [5, 5.41) is 17.0. The van der Waals surface area contributed by atoms with Gasteiger partial charge in [0.25, 0.3) is 5.56 Å². The van der Waals surface area contributed by atoms with Gasteiger partial charge in [-0.3, -0.25) is 4.79 Å². The third-order valence-corrected chi connectivity index (χ3v) is 7.13. The van der Waals surface area contributed by atoms with Gasteiger partial charge in [0.05, 0.1) is 30.2 Å². The van der Waals surface area contributed by atoms with E-state index in [1.54, 1.807) is 4.68 Å². The van der Waals surface area contributed by atoms with Crippen LogP contribution in [0.2, 0.25) is 5.02 Å². The van der Waals surface area contributed by atoms with E-state index in [1.807, 2.05) is 69.3 Å². The van der Waals surface area contributed by atoms with E-state index in [0.717, 1.165) is 16.6 Å². The number of nitrogens with zero attached hydrogens (tertiary/aromatic N) is 3. The maximum Gasteiger partial charge on any atom is 0.513 e. The van der Waals surface area contributed by atoms with Crippen LogP contribution in [0, 0.1) is 0 Å². The van der Waals surface area contributed by atoms with E-state index in [0.29, 0.717) is 42.8 Å². The van der Waals surface area contributed by atoms with Crippen LogP contribution in [0.15, 0.2) is 53.3 Å². The smallest absolute Gasteiger partial charge is 0.435 e. The molecule has 6 nitrogen and oxygen atoms in total. The fourth-order valence-electron chi connectivity index (χ4n) is 4.84. The number of quaternary nitrogens is 1. The van der Waals surface area contributed by atoms with Gasteiger partial charge in [-0.25, -0.2) is 9.16 Å². The van der Waals surface area contributed by atoms with Crippen molar-refractivity contribution < 1.29 is 14.4 Å². The molecule has 4 rings (SSSR count). The van der Waals surface area contributed by atoms with Gasteiger partial charge in [-0.1, -0.05) is 41.9 Å². The number of carbonyl (C=O) groups is 1. The van der Waals surface area contributed by atoms with Gasteiger partial charge < -0.3 is 5.11 Å². The highest BCUT2D eigenvalue weighted by molar-refractivity contribution is 6.30. The Kier molecular flexibility index (Phi) is 5.86. The topological polar surface area (TPSA) is 72.2 Å². The number of benzene rings is 2. The number of carboxylic acid groups (broad SMARTS) is 1. The summed E-state index contributed by atoms with van der Waals surface area (Å²) in [5.74, 6) is 0. The standard InChI is InChI=1S/C25H28ClN3O3/c1-25(2,3)29(24(31)32)14-12-19(13-15-29)28-23(30)21-7-5-4-6-20(21)22(27-28)16-17-8-10-18(26)11-9-17/h4-11,19H,12-16H2,1-3H3/p+1. The van der Waals surface area contributed by atoms with Crippen LogP contribution in [0.4, 0.5) is 4.79 Å². The summed E-state index contributed by atoms with van der Waals surface area (Å²) in [4.78, 5) is 25.5. The van der Waals surface area contributed by atoms with E-state index in [1.165, 1.54) is 0 Å². The molecule has 1 aliphatic heterocycles. The number of hydrogen-bond acceptors (Lipinski definition) is 3. The van der Waals surface area contributed by atoms with Crippen molar-refractivity contribution in [2.24, 2.45) is 0 Å². The molecule has 1 N–H and O–H groups in total. The lowest BCUT2D eigenvalue weighted by atomic mass is 9.93. The van der Waals surface area contributed by atoms with Crippen LogP contribution in [0.25, 0.3) is 10.8 Å². The predicted molar refractivity (Wildman–Crippen MR) is 126 cm³/mol. The zero-order chi connectivity index (χ0) is 23.1. The molecule has 0 bridgehead atoms. The van der Waals surface area contributed by atoms with Crippen molar-refractivity contribution in [1.82, 2.24) is 9.78 Å². The number of likely N-dealkylation sites (tertiary alicyclic amines) is 1. The molecular weight excluding hydrogens is 426 g/mol. The first kappa shape index (κ1) is 22.5. The molecule has 2 aromatic carbocycles. The minimum atomic E-state index is -0.807. The van der Waals surface area contributed by atoms with Crippen LogP contribution in [-0.4, -0.2) is 44.1 Å². The molecule has 1 saturated heterocycles. The molecule has 1 amide bonds. The Labute approximate surface area is 192 Å². The minimum Gasteiger partial charge on any atom is -0.435 e. The third kappa shape index (κ3) is 3.93. The zero-order valence-electron chi connectivity index (χ0n) is 18.7. The number of rotatable bonds is 3. The molecule has 0 atom stereocenters. The van der Waals surface area contributed by atoms with Crippen LogP contribution in [0.1, 0.15) is 50.9 Å². The largest absolute Gasteiger partial charge is 0.513 e. The van der Waals surface area contributed by atoms with Crippen molar-refractivity contribution in [2.75, 3.05) is 13.1 Å². The second kappa shape index (κ2) is 8.34. The van der Waals surface area contributed by atoms with Gasteiger partial charge in [0.15, 0.2) is 0 Å². The highest BCUT2D eigenvalue weighted by atomic mass is 35.5. The Morgan fingerprint density at radius 1 is 1.09 bits per heavy atom.